The van der Waals surface area contributed by atoms with Crippen LogP contribution in [0.2, 0.25) is 0 Å². The highest BCUT2D eigenvalue weighted by Crippen LogP contribution is 2.42. The van der Waals surface area contributed by atoms with E-state index in [0.29, 0.717) is 5.39 Å². The van der Waals surface area contributed by atoms with Crippen molar-refractivity contribution in [3.05, 3.63) is 39.9 Å². The van der Waals surface area contributed by atoms with Crippen molar-refractivity contribution in [3.63, 3.8) is 0 Å². The number of fused-ring (bicyclic) bond motifs is 1. The molecule has 2 rings (SSSR count). The van der Waals surface area contributed by atoms with Crippen LogP contribution in [0.4, 0.5) is 13.2 Å². The van der Waals surface area contributed by atoms with Crippen LogP contribution in [0.15, 0.2) is 28.7 Å². The first-order chi connectivity index (χ1) is 8.36. The monoisotopic (exact) mass is 318 g/mol. The third-order valence-electron chi connectivity index (χ3n) is 2.87. The Labute approximate surface area is 111 Å². The Morgan fingerprint density at radius 3 is 2.22 bits per heavy atom. The number of rotatable bonds is 1. The van der Waals surface area contributed by atoms with Crippen LogP contribution in [0.5, 0.6) is 5.75 Å². The molecule has 0 spiro atoms. The van der Waals surface area contributed by atoms with Crippen molar-refractivity contribution in [2.75, 3.05) is 7.11 Å². The molecule has 0 N–H and O–H groups in total. The molecule has 0 aliphatic heterocycles. The highest BCUT2D eigenvalue weighted by Gasteiger charge is 2.36. The van der Waals surface area contributed by atoms with Gasteiger partial charge in [0, 0.05) is 4.47 Å². The van der Waals surface area contributed by atoms with Crippen LogP contribution in [0, 0.1) is 6.92 Å². The van der Waals surface area contributed by atoms with E-state index < -0.39 is 11.7 Å². The second kappa shape index (κ2) is 4.46. The molecule has 2 aromatic carbocycles. The molecule has 0 radical (unpaired) electrons. The van der Waals surface area contributed by atoms with Gasteiger partial charge in [0.2, 0.25) is 0 Å². The summed E-state index contributed by atoms with van der Waals surface area (Å²) < 4.78 is 44.9. The molecule has 0 saturated heterocycles. The van der Waals surface area contributed by atoms with E-state index in [9.17, 15) is 13.2 Å². The van der Waals surface area contributed by atoms with Gasteiger partial charge in [-0.2, -0.15) is 13.2 Å². The number of hydrogen-bond acceptors (Lipinski definition) is 1. The standard InChI is InChI=1S/C13H10BrF3O/c1-7-8-4-6-11(18-2)12(13(15,16)17)9(8)3-5-10(7)14/h3-6H,1-2H3. The van der Waals surface area contributed by atoms with Crippen LogP contribution in [0.25, 0.3) is 10.8 Å². The highest BCUT2D eigenvalue weighted by molar-refractivity contribution is 9.10. The van der Waals surface area contributed by atoms with Crippen molar-refractivity contribution >= 4 is 26.7 Å². The zero-order valence-corrected chi connectivity index (χ0v) is 11.3. The van der Waals surface area contributed by atoms with E-state index in [2.05, 4.69) is 15.9 Å². The molecule has 2 aromatic rings. The molecule has 18 heavy (non-hydrogen) atoms. The van der Waals surface area contributed by atoms with E-state index in [1.807, 2.05) is 0 Å². The van der Waals surface area contributed by atoms with E-state index in [-0.39, 0.29) is 11.1 Å². The first-order valence-corrected chi connectivity index (χ1v) is 5.98. The van der Waals surface area contributed by atoms with Crippen LogP contribution in [0.1, 0.15) is 11.1 Å². The summed E-state index contributed by atoms with van der Waals surface area (Å²) in [4.78, 5) is 0. The average Bonchev–Trinajstić information content (AvgIpc) is 2.31. The highest BCUT2D eigenvalue weighted by atomic mass is 79.9. The molecule has 0 amide bonds. The number of halogens is 4. The summed E-state index contributed by atoms with van der Waals surface area (Å²) in [6.07, 6.45) is -4.44. The van der Waals surface area contributed by atoms with Gasteiger partial charge in [-0.15, -0.1) is 0 Å². The van der Waals surface area contributed by atoms with Crippen LogP contribution >= 0.6 is 15.9 Å². The lowest BCUT2D eigenvalue weighted by atomic mass is 9.99. The zero-order valence-electron chi connectivity index (χ0n) is 9.73. The third kappa shape index (κ3) is 2.07. The van der Waals surface area contributed by atoms with Crippen molar-refractivity contribution in [3.8, 4) is 5.75 Å². The molecule has 1 nitrogen and oxygen atoms in total. The molecule has 0 aliphatic carbocycles. The maximum absolute atomic E-state index is 13.1. The summed E-state index contributed by atoms with van der Waals surface area (Å²) in [7, 11) is 1.24. The molecular weight excluding hydrogens is 309 g/mol. The van der Waals surface area contributed by atoms with Crippen LogP contribution in [-0.4, -0.2) is 7.11 Å². The van der Waals surface area contributed by atoms with Gasteiger partial charge in [-0.05, 0) is 35.4 Å². The first-order valence-electron chi connectivity index (χ1n) is 5.19. The topological polar surface area (TPSA) is 9.23 Å². The minimum atomic E-state index is -4.44. The first kappa shape index (κ1) is 13.2. The Bertz CT molecular complexity index is 605. The van der Waals surface area contributed by atoms with Crippen molar-refractivity contribution in [2.24, 2.45) is 0 Å². The van der Waals surface area contributed by atoms with E-state index >= 15 is 0 Å². The Kier molecular flexibility index (Phi) is 3.27. The number of ether oxygens (including phenoxy) is 1. The van der Waals surface area contributed by atoms with Crippen LogP contribution < -0.4 is 4.74 Å². The van der Waals surface area contributed by atoms with Gasteiger partial charge in [0.1, 0.15) is 11.3 Å². The lowest BCUT2D eigenvalue weighted by Crippen LogP contribution is -2.08. The second-order valence-corrected chi connectivity index (χ2v) is 4.76. The lowest BCUT2D eigenvalue weighted by Gasteiger charge is -2.16. The van der Waals surface area contributed by atoms with Gasteiger partial charge in [0.25, 0.3) is 0 Å². The molecule has 0 heterocycles. The van der Waals surface area contributed by atoms with Gasteiger partial charge >= 0.3 is 6.18 Å². The minimum Gasteiger partial charge on any atom is -0.496 e. The number of benzene rings is 2. The van der Waals surface area contributed by atoms with E-state index in [1.54, 1.807) is 19.1 Å². The van der Waals surface area contributed by atoms with Crippen molar-refractivity contribution < 1.29 is 17.9 Å². The van der Waals surface area contributed by atoms with E-state index in [4.69, 9.17) is 4.74 Å². The lowest BCUT2D eigenvalue weighted by molar-refractivity contribution is -0.137. The molecule has 5 heteroatoms. The largest absolute Gasteiger partial charge is 0.496 e. The zero-order chi connectivity index (χ0) is 13.5. The van der Waals surface area contributed by atoms with Crippen molar-refractivity contribution in [2.45, 2.75) is 13.1 Å². The van der Waals surface area contributed by atoms with Crippen molar-refractivity contribution in [1.29, 1.82) is 0 Å². The van der Waals surface area contributed by atoms with Gasteiger partial charge in [0.05, 0.1) is 7.11 Å². The Morgan fingerprint density at radius 1 is 1.06 bits per heavy atom. The van der Waals surface area contributed by atoms with Crippen LogP contribution in [0.3, 0.4) is 0 Å². The molecule has 0 saturated carbocycles. The predicted molar refractivity (Wildman–Crippen MR) is 67.9 cm³/mol. The Morgan fingerprint density at radius 2 is 1.67 bits per heavy atom. The number of aryl methyl sites for hydroxylation is 1. The molecule has 0 atom stereocenters. The molecular formula is C13H10BrF3O. The van der Waals surface area contributed by atoms with E-state index in [1.165, 1.54) is 19.2 Å². The van der Waals surface area contributed by atoms with Gasteiger partial charge in [0.15, 0.2) is 0 Å². The Balaban J connectivity index is 2.91. The minimum absolute atomic E-state index is 0.155. The summed E-state index contributed by atoms with van der Waals surface area (Å²) in [5.41, 5.74) is 0.0544. The molecule has 0 fully saturated rings. The SMILES string of the molecule is COc1ccc2c(C)c(Br)ccc2c1C(F)(F)F. The van der Waals surface area contributed by atoms with Crippen LogP contribution in [-0.2, 0) is 6.18 Å². The quantitative estimate of drug-likeness (QED) is 0.723. The fraction of sp³-hybridized carbons (Fsp3) is 0.231. The van der Waals surface area contributed by atoms with E-state index in [0.717, 1.165) is 10.0 Å². The molecule has 0 unspecified atom stereocenters. The molecule has 0 bridgehead atoms. The number of hydrogen-bond donors (Lipinski definition) is 0. The summed E-state index contributed by atoms with van der Waals surface area (Å²) in [6, 6.07) is 6.07. The summed E-state index contributed by atoms with van der Waals surface area (Å²) in [5.74, 6) is -0.156. The fourth-order valence-corrected chi connectivity index (χ4v) is 2.32. The third-order valence-corrected chi connectivity index (χ3v) is 3.73. The Hall–Kier alpha value is -1.23. The number of methoxy groups -OCH3 is 1. The van der Waals surface area contributed by atoms with Crippen molar-refractivity contribution in [1.82, 2.24) is 0 Å². The molecule has 0 aromatic heterocycles. The smallest absolute Gasteiger partial charge is 0.420 e. The maximum Gasteiger partial charge on any atom is 0.420 e. The van der Waals surface area contributed by atoms with Gasteiger partial charge in [-0.3, -0.25) is 0 Å². The predicted octanol–water partition coefficient (Wildman–Crippen LogP) is 4.94. The second-order valence-electron chi connectivity index (χ2n) is 3.91. The average molecular weight is 319 g/mol. The molecule has 96 valence electrons. The molecule has 0 aliphatic rings. The van der Waals surface area contributed by atoms with Gasteiger partial charge < -0.3 is 4.74 Å². The van der Waals surface area contributed by atoms with Gasteiger partial charge in [-0.1, -0.05) is 28.1 Å². The number of alkyl halides is 3. The summed E-state index contributed by atoms with van der Waals surface area (Å²) in [6.45, 7) is 1.78. The fourth-order valence-electron chi connectivity index (χ4n) is 1.97. The normalized spacial score (nSPS) is 11.9. The summed E-state index contributed by atoms with van der Waals surface area (Å²) in [5, 5.41) is 0.722. The van der Waals surface area contributed by atoms with Gasteiger partial charge in [-0.25, -0.2) is 0 Å². The maximum atomic E-state index is 13.1. The summed E-state index contributed by atoms with van der Waals surface area (Å²) >= 11 is 3.31.